The van der Waals surface area contributed by atoms with E-state index >= 15 is 0 Å². The smallest absolute Gasteiger partial charge is 0.267 e. The van der Waals surface area contributed by atoms with Crippen molar-refractivity contribution in [1.29, 1.82) is 5.26 Å². The number of amides is 1. The van der Waals surface area contributed by atoms with Crippen molar-refractivity contribution in [3.63, 3.8) is 0 Å². The standard InChI is InChI=1S/C19H25N3O6S/c1-26-8-7-22(15-6-9-29(24,25)13-15)12-14(11-20)19(23)21-17-10-16(27-2)4-5-18(17)28-3/h4-5,10,12,15H,6-9,13H2,1-3H3,(H,21,23)/b14-12-. The molecule has 10 heteroatoms. The maximum atomic E-state index is 12.7. The summed E-state index contributed by atoms with van der Waals surface area (Å²) in [5.74, 6) is 0.361. The molecule has 1 saturated heterocycles. The molecule has 2 rings (SSSR count). The van der Waals surface area contributed by atoms with E-state index in [1.165, 1.54) is 27.5 Å². The zero-order valence-corrected chi connectivity index (χ0v) is 17.5. The summed E-state index contributed by atoms with van der Waals surface area (Å²) >= 11 is 0. The second-order valence-electron chi connectivity index (χ2n) is 6.46. The number of hydrogen-bond donors (Lipinski definition) is 1. The minimum atomic E-state index is -3.12. The van der Waals surface area contributed by atoms with Crippen LogP contribution in [0, 0.1) is 11.3 Å². The first-order chi connectivity index (χ1) is 13.8. The van der Waals surface area contributed by atoms with Gasteiger partial charge in [-0.1, -0.05) is 0 Å². The number of hydrogen-bond acceptors (Lipinski definition) is 8. The summed E-state index contributed by atoms with van der Waals surface area (Å²) in [6.07, 6.45) is 1.83. The van der Waals surface area contributed by atoms with Crippen LogP contribution in [-0.4, -0.2) is 71.3 Å². The molecular formula is C19H25N3O6S. The first-order valence-electron chi connectivity index (χ1n) is 8.94. The number of methoxy groups -OCH3 is 3. The molecule has 0 aliphatic carbocycles. The summed E-state index contributed by atoms with van der Waals surface area (Å²) in [6.45, 7) is 0.689. The highest BCUT2D eigenvalue weighted by Gasteiger charge is 2.31. The molecule has 0 saturated carbocycles. The van der Waals surface area contributed by atoms with Crippen LogP contribution in [0.1, 0.15) is 6.42 Å². The average Bonchev–Trinajstić information content (AvgIpc) is 3.07. The van der Waals surface area contributed by atoms with Crippen molar-refractivity contribution >= 4 is 21.4 Å². The Hall–Kier alpha value is -2.77. The van der Waals surface area contributed by atoms with E-state index in [0.717, 1.165) is 0 Å². The molecule has 1 atom stereocenters. The predicted octanol–water partition coefficient (Wildman–Crippen LogP) is 1.19. The highest BCUT2D eigenvalue weighted by Crippen LogP contribution is 2.29. The number of carbonyl (C=O) groups is 1. The van der Waals surface area contributed by atoms with E-state index in [-0.39, 0.29) is 23.1 Å². The molecule has 0 spiro atoms. The topological polar surface area (TPSA) is 118 Å². The van der Waals surface area contributed by atoms with Crippen LogP contribution in [0.25, 0.3) is 0 Å². The third kappa shape index (κ3) is 6.10. The molecular weight excluding hydrogens is 398 g/mol. The monoisotopic (exact) mass is 423 g/mol. The maximum absolute atomic E-state index is 12.7. The minimum absolute atomic E-state index is 0.0166. The number of carbonyl (C=O) groups excluding carboxylic acids is 1. The number of anilines is 1. The highest BCUT2D eigenvalue weighted by molar-refractivity contribution is 7.91. The van der Waals surface area contributed by atoms with Gasteiger partial charge in [-0.05, 0) is 18.6 Å². The number of nitrogens with zero attached hydrogens (tertiary/aromatic N) is 2. The van der Waals surface area contributed by atoms with Crippen molar-refractivity contribution in [3.8, 4) is 17.6 Å². The average molecular weight is 423 g/mol. The molecule has 1 aliphatic heterocycles. The Kier molecular flexibility index (Phi) is 7.87. The molecule has 0 bridgehead atoms. The van der Waals surface area contributed by atoms with E-state index in [9.17, 15) is 18.5 Å². The van der Waals surface area contributed by atoms with E-state index < -0.39 is 15.7 Å². The third-order valence-electron chi connectivity index (χ3n) is 4.55. The zero-order chi connectivity index (χ0) is 21.4. The third-order valence-corrected chi connectivity index (χ3v) is 6.30. The molecule has 1 aromatic rings. The number of sulfone groups is 1. The van der Waals surface area contributed by atoms with E-state index in [2.05, 4.69) is 5.32 Å². The Morgan fingerprint density at radius 3 is 2.66 bits per heavy atom. The van der Waals surface area contributed by atoms with Crippen molar-refractivity contribution in [2.45, 2.75) is 12.5 Å². The lowest BCUT2D eigenvalue weighted by molar-refractivity contribution is -0.112. The molecule has 0 aromatic heterocycles. The quantitative estimate of drug-likeness (QED) is 0.465. The van der Waals surface area contributed by atoms with Crippen molar-refractivity contribution in [1.82, 2.24) is 4.90 Å². The fraction of sp³-hybridized carbons (Fsp3) is 0.474. The fourth-order valence-corrected chi connectivity index (χ4v) is 4.73. The predicted molar refractivity (Wildman–Crippen MR) is 108 cm³/mol. The fourth-order valence-electron chi connectivity index (χ4n) is 2.99. The lowest BCUT2D eigenvalue weighted by atomic mass is 10.2. The van der Waals surface area contributed by atoms with E-state index in [0.29, 0.717) is 36.8 Å². The van der Waals surface area contributed by atoms with Crippen molar-refractivity contribution in [2.75, 3.05) is 51.3 Å². The van der Waals surface area contributed by atoms with Gasteiger partial charge in [0.2, 0.25) is 0 Å². The molecule has 1 heterocycles. The Labute approximate surface area is 170 Å². The van der Waals surface area contributed by atoms with Crippen molar-refractivity contribution < 1.29 is 27.4 Å². The molecule has 1 amide bonds. The number of rotatable bonds is 9. The van der Waals surface area contributed by atoms with Crippen LogP contribution in [0.2, 0.25) is 0 Å². The second kappa shape index (κ2) is 10.1. The first kappa shape index (κ1) is 22.5. The number of nitriles is 1. The Balaban J connectivity index is 2.25. The van der Waals surface area contributed by atoms with Crippen molar-refractivity contribution in [2.24, 2.45) is 0 Å². The molecule has 0 radical (unpaired) electrons. The van der Waals surface area contributed by atoms with Crippen LogP contribution in [0.3, 0.4) is 0 Å². The van der Waals surface area contributed by atoms with Gasteiger partial charge in [0, 0.05) is 32.0 Å². The normalized spacial score (nSPS) is 18.0. The van der Waals surface area contributed by atoms with Crippen LogP contribution in [0.5, 0.6) is 11.5 Å². The van der Waals surface area contributed by atoms with Gasteiger partial charge in [0.25, 0.3) is 5.91 Å². The lowest BCUT2D eigenvalue weighted by Crippen LogP contribution is -2.35. The molecule has 1 unspecified atom stereocenters. The summed E-state index contributed by atoms with van der Waals surface area (Å²) in [4.78, 5) is 14.4. The summed E-state index contributed by atoms with van der Waals surface area (Å²) in [6, 6.07) is 6.48. The van der Waals surface area contributed by atoms with E-state index in [4.69, 9.17) is 14.2 Å². The van der Waals surface area contributed by atoms with Gasteiger partial charge in [-0.2, -0.15) is 5.26 Å². The summed E-state index contributed by atoms with van der Waals surface area (Å²) in [7, 11) is 1.37. The van der Waals surface area contributed by atoms with Gasteiger partial charge in [0.05, 0.1) is 38.0 Å². The molecule has 1 fully saturated rings. The summed E-state index contributed by atoms with van der Waals surface area (Å²) in [5.41, 5.74) is 0.195. The first-order valence-corrected chi connectivity index (χ1v) is 10.8. The van der Waals surface area contributed by atoms with Crippen molar-refractivity contribution in [3.05, 3.63) is 30.0 Å². The molecule has 158 valence electrons. The van der Waals surface area contributed by atoms with Gasteiger partial charge < -0.3 is 24.4 Å². The largest absolute Gasteiger partial charge is 0.497 e. The van der Waals surface area contributed by atoms with Gasteiger partial charge in [-0.3, -0.25) is 4.79 Å². The number of nitrogens with one attached hydrogen (secondary N) is 1. The Morgan fingerprint density at radius 1 is 1.34 bits per heavy atom. The summed E-state index contributed by atoms with van der Waals surface area (Å²) in [5, 5.41) is 12.2. The van der Waals surface area contributed by atoms with Crippen LogP contribution in [-0.2, 0) is 19.4 Å². The Bertz CT molecular complexity index is 907. The van der Waals surface area contributed by atoms with Gasteiger partial charge in [0.1, 0.15) is 23.1 Å². The molecule has 1 N–H and O–H groups in total. The van der Waals surface area contributed by atoms with Gasteiger partial charge in [0.15, 0.2) is 9.84 Å². The van der Waals surface area contributed by atoms with Crippen LogP contribution in [0.4, 0.5) is 5.69 Å². The van der Waals surface area contributed by atoms with Crippen LogP contribution < -0.4 is 14.8 Å². The van der Waals surface area contributed by atoms with E-state index in [1.807, 2.05) is 6.07 Å². The molecule has 9 nitrogen and oxygen atoms in total. The van der Waals surface area contributed by atoms with E-state index in [1.54, 1.807) is 23.1 Å². The lowest BCUT2D eigenvalue weighted by Gasteiger charge is -2.26. The zero-order valence-electron chi connectivity index (χ0n) is 16.7. The molecule has 1 aliphatic rings. The van der Waals surface area contributed by atoms with Crippen LogP contribution >= 0.6 is 0 Å². The highest BCUT2D eigenvalue weighted by atomic mass is 32.2. The van der Waals surface area contributed by atoms with Crippen LogP contribution in [0.15, 0.2) is 30.0 Å². The second-order valence-corrected chi connectivity index (χ2v) is 8.69. The summed E-state index contributed by atoms with van der Waals surface area (Å²) < 4.78 is 39.1. The van der Waals surface area contributed by atoms with Gasteiger partial charge in [-0.15, -0.1) is 0 Å². The minimum Gasteiger partial charge on any atom is -0.497 e. The number of ether oxygens (including phenoxy) is 3. The van der Waals surface area contributed by atoms with Gasteiger partial charge in [-0.25, -0.2) is 8.42 Å². The van der Waals surface area contributed by atoms with Gasteiger partial charge >= 0.3 is 0 Å². The molecule has 29 heavy (non-hydrogen) atoms. The Morgan fingerprint density at radius 2 is 2.10 bits per heavy atom. The SMILES string of the molecule is COCCN(/C=C(/C#N)C(=O)Nc1cc(OC)ccc1OC)C1CCS(=O)(=O)C1. The molecule has 1 aromatic carbocycles. The maximum Gasteiger partial charge on any atom is 0.267 e. The number of benzene rings is 1.